The molecule has 1 amide bonds. The van der Waals surface area contributed by atoms with Crippen molar-refractivity contribution in [3.8, 4) is 5.69 Å². The van der Waals surface area contributed by atoms with E-state index in [1.165, 1.54) is 6.26 Å². The van der Waals surface area contributed by atoms with E-state index in [1.54, 1.807) is 29.2 Å². The number of para-hydroxylation sites is 1. The summed E-state index contributed by atoms with van der Waals surface area (Å²) in [6.07, 6.45) is 4.94. The first-order chi connectivity index (χ1) is 12.2. The number of nitrogens with zero attached hydrogens (tertiary/aromatic N) is 2. The number of carbonyl (C=O) groups excluding carboxylic acids is 2. The van der Waals surface area contributed by atoms with Gasteiger partial charge in [-0.1, -0.05) is 18.2 Å². The van der Waals surface area contributed by atoms with Crippen molar-refractivity contribution in [3.05, 3.63) is 72.4 Å². The zero-order valence-corrected chi connectivity index (χ0v) is 13.4. The Morgan fingerprint density at radius 2 is 2.00 bits per heavy atom. The summed E-state index contributed by atoms with van der Waals surface area (Å²) in [6.45, 7) is -0.0698. The number of benzene rings is 1. The number of hydrogen-bond acceptors (Lipinski definition) is 5. The van der Waals surface area contributed by atoms with Gasteiger partial charge in [0.15, 0.2) is 6.61 Å². The number of furan rings is 1. The molecule has 0 atom stereocenters. The first-order valence-corrected chi connectivity index (χ1v) is 7.74. The molecule has 0 saturated heterocycles. The highest BCUT2D eigenvalue weighted by Gasteiger charge is 2.10. The molecule has 128 valence electrons. The highest BCUT2D eigenvalue weighted by atomic mass is 16.5. The Hall–Kier alpha value is -3.35. The third kappa shape index (κ3) is 4.81. The summed E-state index contributed by atoms with van der Waals surface area (Å²) in [5.41, 5.74) is 1.62. The molecule has 2 heterocycles. The second-order valence-electron chi connectivity index (χ2n) is 5.32. The molecule has 1 aromatic carbocycles. The SMILES string of the molecule is O=C(COC(=O)Cc1cnn(-c2ccccc2)c1)NCc1ccco1. The highest BCUT2D eigenvalue weighted by molar-refractivity contribution is 5.81. The van der Waals surface area contributed by atoms with Gasteiger partial charge in [0.2, 0.25) is 0 Å². The van der Waals surface area contributed by atoms with Gasteiger partial charge in [-0.2, -0.15) is 5.10 Å². The van der Waals surface area contributed by atoms with Crippen LogP contribution in [0.25, 0.3) is 5.69 Å². The van der Waals surface area contributed by atoms with Gasteiger partial charge in [-0.25, -0.2) is 4.68 Å². The summed E-state index contributed by atoms with van der Waals surface area (Å²) >= 11 is 0. The quantitative estimate of drug-likeness (QED) is 0.664. The van der Waals surface area contributed by atoms with E-state index in [0.29, 0.717) is 11.3 Å². The lowest BCUT2D eigenvalue weighted by Gasteiger charge is -2.05. The minimum Gasteiger partial charge on any atom is -0.467 e. The van der Waals surface area contributed by atoms with Crippen molar-refractivity contribution in [1.82, 2.24) is 15.1 Å². The molecule has 7 nitrogen and oxygen atoms in total. The molecule has 0 unspecified atom stereocenters. The molecule has 1 N–H and O–H groups in total. The Kier molecular flexibility index (Phi) is 5.26. The van der Waals surface area contributed by atoms with Crippen molar-refractivity contribution in [3.63, 3.8) is 0 Å². The zero-order chi connectivity index (χ0) is 17.5. The molecular weight excluding hydrogens is 322 g/mol. The molecule has 0 spiro atoms. The molecule has 0 aliphatic heterocycles. The maximum Gasteiger partial charge on any atom is 0.310 e. The first kappa shape index (κ1) is 16.5. The van der Waals surface area contributed by atoms with Gasteiger partial charge in [-0.15, -0.1) is 0 Å². The predicted octanol–water partition coefficient (Wildman–Crippen LogP) is 1.87. The molecule has 25 heavy (non-hydrogen) atoms. The van der Waals surface area contributed by atoms with Crippen molar-refractivity contribution < 1.29 is 18.7 Å². The number of amides is 1. The smallest absolute Gasteiger partial charge is 0.310 e. The molecular formula is C18H17N3O4. The minimum atomic E-state index is -0.485. The third-order valence-electron chi connectivity index (χ3n) is 3.41. The van der Waals surface area contributed by atoms with Crippen molar-refractivity contribution in [2.75, 3.05) is 6.61 Å². The number of carbonyl (C=O) groups is 2. The van der Waals surface area contributed by atoms with Gasteiger partial charge < -0.3 is 14.5 Å². The van der Waals surface area contributed by atoms with Gasteiger partial charge in [0.05, 0.1) is 31.1 Å². The Bertz CT molecular complexity index is 825. The Labute approximate surface area is 144 Å². The van der Waals surface area contributed by atoms with Crippen LogP contribution in [0, 0.1) is 0 Å². The van der Waals surface area contributed by atoms with E-state index in [9.17, 15) is 9.59 Å². The van der Waals surface area contributed by atoms with Crippen LogP contribution >= 0.6 is 0 Å². The van der Waals surface area contributed by atoms with Crippen LogP contribution in [-0.2, 0) is 27.3 Å². The summed E-state index contributed by atoms with van der Waals surface area (Å²) in [4.78, 5) is 23.5. The molecule has 0 bridgehead atoms. The molecule has 0 radical (unpaired) electrons. The van der Waals surface area contributed by atoms with Gasteiger partial charge in [-0.3, -0.25) is 9.59 Å². The van der Waals surface area contributed by atoms with Crippen molar-refractivity contribution in [2.45, 2.75) is 13.0 Å². The summed E-state index contributed by atoms with van der Waals surface area (Å²) in [5.74, 6) is -0.238. The van der Waals surface area contributed by atoms with Crippen LogP contribution in [0.4, 0.5) is 0 Å². The number of rotatable bonds is 7. The summed E-state index contributed by atoms with van der Waals surface area (Å²) in [6, 6.07) is 13.0. The Morgan fingerprint density at radius 1 is 1.16 bits per heavy atom. The summed E-state index contributed by atoms with van der Waals surface area (Å²) in [5, 5.41) is 6.82. The van der Waals surface area contributed by atoms with Crippen molar-refractivity contribution in [2.24, 2.45) is 0 Å². The van der Waals surface area contributed by atoms with E-state index >= 15 is 0 Å². The lowest BCUT2D eigenvalue weighted by Crippen LogP contribution is -2.28. The van der Waals surface area contributed by atoms with Crippen LogP contribution in [0.15, 0.2) is 65.5 Å². The van der Waals surface area contributed by atoms with Crippen LogP contribution in [-0.4, -0.2) is 28.3 Å². The van der Waals surface area contributed by atoms with Crippen LogP contribution in [0.5, 0.6) is 0 Å². The molecule has 7 heteroatoms. The topological polar surface area (TPSA) is 86.4 Å². The van der Waals surface area contributed by atoms with Gasteiger partial charge in [0.25, 0.3) is 5.91 Å². The Balaban J connectivity index is 1.43. The normalized spacial score (nSPS) is 10.4. The van der Waals surface area contributed by atoms with Crippen molar-refractivity contribution in [1.29, 1.82) is 0 Å². The molecule has 0 aliphatic rings. The summed E-state index contributed by atoms with van der Waals surface area (Å²) in [7, 11) is 0. The molecule has 3 aromatic rings. The standard InChI is InChI=1S/C18H17N3O4/c22-17(19-11-16-7-4-8-24-16)13-25-18(23)9-14-10-20-21(12-14)15-5-2-1-3-6-15/h1-8,10,12H,9,11,13H2,(H,19,22). The molecule has 2 aromatic heterocycles. The Morgan fingerprint density at radius 3 is 2.76 bits per heavy atom. The van der Waals surface area contributed by atoms with Crippen molar-refractivity contribution >= 4 is 11.9 Å². The second-order valence-corrected chi connectivity index (χ2v) is 5.32. The average molecular weight is 339 g/mol. The number of hydrogen-bond donors (Lipinski definition) is 1. The van der Waals surface area contributed by atoms with E-state index in [2.05, 4.69) is 10.4 Å². The first-order valence-electron chi connectivity index (χ1n) is 7.74. The van der Waals surface area contributed by atoms with Gasteiger partial charge >= 0.3 is 5.97 Å². The monoisotopic (exact) mass is 339 g/mol. The van der Waals surface area contributed by atoms with E-state index in [1.807, 2.05) is 30.3 Å². The molecule has 0 fully saturated rings. The van der Waals surface area contributed by atoms with Crippen LogP contribution < -0.4 is 5.32 Å². The maximum absolute atomic E-state index is 11.8. The lowest BCUT2D eigenvalue weighted by molar-refractivity contribution is -0.147. The maximum atomic E-state index is 11.8. The largest absolute Gasteiger partial charge is 0.467 e. The van der Waals surface area contributed by atoms with Crippen LogP contribution in [0.2, 0.25) is 0 Å². The third-order valence-corrected chi connectivity index (χ3v) is 3.41. The fraction of sp³-hybridized carbons (Fsp3) is 0.167. The molecule has 3 rings (SSSR count). The van der Waals surface area contributed by atoms with Crippen LogP contribution in [0.1, 0.15) is 11.3 Å². The molecule has 0 saturated carbocycles. The fourth-order valence-corrected chi connectivity index (χ4v) is 2.19. The predicted molar refractivity (Wildman–Crippen MR) is 88.8 cm³/mol. The molecule has 0 aliphatic carbocycles. The van der Waals surface area contributed by atoms with Gasteiger partial charge in [-0.05, 0) is 24.3 Å². The number of esters is 1. The van der Waals surface area contributed by atoms with Gasteiger partial charge in [0.1, 0.15) is 5.76 Å². The second kappa shape index (κ2) is 7.96. The highest BCUT2D eigenvalue weighted by Crippen LogP contribution is 2.08. The van der Waals surface area contributed by atoms with E-state index in [4.69, 9.17) is 9.15 Å². The zero-order valence-electron chi connectivity index (χ0n) is 13.4. The summed E-state index contributed by atoms with van der Waals surface area (Å²) < 4.78 is 11.7. The number of aromatic nitrogens is 2. The van der Waals surface area contributed by atoms with Gasteiger partial charge in [0, 0.05) is 11.8 Å². The average Bonchev–Trinajstić information content (AvgIpc) is 3.31. The lowest BCUT2D eigenvalue weighted by atomic mass is 10.2. The van der Waals surface area contributed by atoms with E-state index < -0.39 is 5.97 Å². The minimum absolute atomic E-state index is 0.0539. The number of nitrogens with one attached hydrogen (secondary N) is 1. The number of ether oxygens (including phenoxy) is 1. The van der Waals surface area contributed by atoms with E-state index in [0.717, 1.165) is 5.69 Å². The van der Waals surface area contributed by atoms with E-state index in [-0.39, 0.29) is 25.5 Å². The fourth-order valence-electron chi connectivity index (χ4n) is 2.19. The van der Waals surface area contributed by atoms with Crippen LogP contribution in [0.3, 0.4) is 0 Å².